The highest BCUT2D eigenvalue weighted by molar-refractivity contribution is 5.82. The molecule has 4 heteroatoms. The Hall–Kier alpha value is -1.06. The molecule has 1 N–H and O–H groups in total. The fraction of sp³-hybridized carbons (Fsp3) is 0.857. The second-order valence-corrected chi connectivity index (χ2v) is 6.08. The van der Waals surface area contributed by atoms with Gasteiger partial charge in [0.25, 0.3) is 0 Å². The molecule has 1 heterocycles. The fourth-order valence-corrected chi connectivity index (χ4v) is 3.92. The molecule has 0 bridgehead atoms. The van der Waals surface area contributed by atoms with Crippen LogP contribution in [0.2, 0.25) is 0 Å². The third-order valence-electron chi connectivity index (χ3n) is 5.10. The molecule has 3 fully saturated rings. The summed E-state index contributed by atoms with van der Waals surface area (Å²) in [5, 5.41) is 8.95. The molecule has 1 saturated heterocycles. The Morgan fingerprint density at radius 3 is 2.00 bits per heavy atom. The van der Waals surface area contributed by atoms with E-state index >= 15 is 0 Å². The van der Waals surface area contributed by atoms with Gasteiger partial charge in [-0.1, -0.05) is 12.8 Å². The van der Waals surface area contributed by atoms with Crippen molar-refractivity contribution in [3.63, 3.8) is 0 Å². The maximum atomic E-state index is 12.4. The third kappa shape index (κ3) is 2.02. The summed E-state index contributed by atoms with van der Waals surface area (Å²) in [4.78, 5) is 25.2. The lowest BCUT2D eigenvalue weighted by atomic mass is 9.97. The number of rotatable bonds is 2. The number of piperidine rings is 1. The molecule has 3 aliphatic rings. The van der Waals surface area contributed by atoms with E-state index in [0.29, 0.717) is 43.7 Å². The smallest absolute Gasteiger partial charge is 0.306 e. The van der Waals surface area contributed by atoms with Crippen LogP contribution in [0, 0.1) is 23.7 Å². The highest BCUT2D eigenvalue weighted by Gasteiger charge is 2.55. The second-order valence-electron chi connectivity index (χ2n) is 6.08. The normalized spacial score (nSPS) is 36.0. The van der Waals surface area contributed by atoms with Crippen molar-refractivity contribution in [2.45, 2.75) is 38.5 Å². The Morgan fingerprint density at radius 1 is 0.944 bits per heavy atom. The molecular formula is C14H21NO3. The molecule has 0 aromatic carbocycles. The number of amides is 1. The molecule has 0 aromatic heterocycles. The highest BCUT2D eigenvalue weighted by atomic mass is 16.4. The van der Waals surface area contributed by atoms with Crippen LogP contribution >= 0.6 is 0 Å². The van der Waals surface area contributed by atoms with Gasteiger partial charge in [0.15, 0.2) is 0 Å². The summed E-state index contributed by atoms with van der Waals surface area (Å²) in [6.07, 6.45) is 6.28. The van der Waals surface area contributed by atoms with E-state index in [4.69, 9.17) is 5.11 Å². The summed E-state index contributed by atoms with van der Waals surface area (Å²) in [5.41, 5.74) is 0. The minimum Gasteiger partial charge on any atom is -0.481 e. The van der Waals surface area contributed by atoms with Gasteiger partial charge in [-0.3, -0.25) is 9.59 Å². The summed E-state index contributed by atoms with van der Waals surface area (Å²) in [6, 6.07) is 0. The first-order valence-corrected chi connectivity index (χ1v) is 7.20. The van der Waals surface area contributed by atoms with Crippen molar-refractivity contribution in [3.8, 4) is 0 Å². The topological polar surface area (TPSA) is 57.6 Å². The van der Waals surface area contributed by atoms with Crippen molar-refractivity contribution >= 4 is 11.9 Å². The van der Waals surface area contributed by atoms with Crippen molar-refractivity contribution in [3.05, 3.63) is 0 Å². The Bertz CT molecular complexity index is 348. The minimum absolute atomic E-state index is 0.240. The van der Waals surface area contributed by atoms with Gasteiger partial charge in [-0.2, -0.15) is 0 Å². The number of hydrogen-bond donors (Lipinski definition) is 1. The molecule has 0 spiro atoms. The van der Waals surface area contributed by atoms with Crippen molar-refractivity contribution in [1.29, 1.82) is 0 Å². The van der Waals surface area contributed by atoms with Gasteiger partial charge in [0.05, 0.1) is 5.92 Å². The Balaban J connectivity index is 1.54. The van der Waals surface area contributed by atoms with E-state index in [-0.39, 0.29) is 11.8 Å². The lowest BCUT2D eigenvalue weighted by Gasteiger charge is -2.30. The zero-order valence-corrected chi connectivity index (χ0v) is 10.7. The number of likely N-dealkylation sites (tertiary alicyclic amines) is 1. The quantitative estimate of drug-likeness (QED) is 0.813. The number of carbonyl (C=O) groups is 2. The van der Waals surface area contributed by atoms with Gasteiger partial charge in [0.1, 0.15) is 0 Å². The standard InChI is InChI=1S/C14H21NO3/c16-13(12-10-3-1-2-4-11(10)12)15-7-5-9(6-8-15)14(17)18/h9-12H,1-8H2,(H,17,18)/t10-,11-/m1/s1. The van der Waals surface area contributed by atoms with E-state index in [1.165, 1.54) is 25.7 Å². The van der Waals surface area contributed by atoms with Gasteiger partial charge >= 0.3 is 5.97 Å². The van der Waals surface area contributed by atoms with Crippen LogP contribution in [0.1, 0.15) is 38.5 Å². The monoisotopic (exact) mass is 251 g/mol. The minimum atomic E-state index is -0.706. The first-order valence-electron chi connectivity index (χ1n) is 7.20. The van der Waals surface area contributed by atoms with Crippen molar-refractivity contribution in [2.24, 2.45) is 23.7 Å². The SMILES string of the molecule is O=C(O)C1CCN(C(=O)C2[C@@H]3CCCC[C@@H]23)CC1. The Kier molecular flexibility index (Phi) is 3.04. The number of carbonyl (C=O) groups excluding carboxylic acids is 1. The van der Waals surface area contributed by atoms with E-state index < -0.39 is 5.97 Å². The molecule has 100 valence electrons. The predicted octanol–water partition coefficient (Wildman–Crippen LogP) is 1.75. The van der Waals surface area contributed by atoms with Crippen LogP contribution in [0.5, 0.6) is 0 Å². The van der Waals surface area contributed by atoms with Crippen LogP contribution in [0.3, 0.4) is 0 Å². The Labute approximate surface area is 107 Å². The zero-order chi connectivity index (χ0) is 12.7. The summed E-state index contributed by atoms with van der Waals surface area (Å²) < 4.78 is 0. The highest BCUT2D eigenvalue weighted by Crippen LogP contribution is 2.56. The van der Waals surface area contributed by atoms with Crippen LogP contribution in [-0.4, -0.2) is 35.0 Å². The number of aliphatic carboxylic acids is 1. The average molecular weight is 251 g/mol. The first-order chi connectivity index (χ1) is 8.68. The maximum absolute atomic E-state index is 12.4. The maximum Gasteiger partial charge on any atom is 0.306 e. The molecule has 2 atom stereocenters. The predicted molar refractivity (Wildman–Crippen MR) is 65.9 cm³/mol. The third-order valence-corrected chi connectivity index (χ3v) is 5.10. The van der Waals surface area contributed by atoms with Crippen LogP contribution in [-0.2, 0) is 9.59 Å². The molecule has 1 amide bonds. The summed E-state index contributed by atoms with van der Waals surface area (Å²) >= 11 is 0. The van der Waals surface area contributed by atoms with Gasteiger partial charge in [-0.05, 0) is 37.5 Å². The van der Waals surface area contributed by atoms with E-state index in [0.717, 1.165) is 0 Å². The first kappa shape index (κ1) is 12.0. The van der Waals surface area contributed by atoms with E-state index in [1.54, 1.807) is 0 Å². The van der Waals surface area contributed by atoms with Gasteiger partial charge in [0, 0.05) is 19.0 Å². The van der Waals surface area contributed by atoms with Gasteiger partial charge in [0.2, 0.25) is 5.91 Å². The van der Waals surface area contributed by atoms with Crippen LogP contribution in [0.15, 0.2) is 0 Å². The molecular weight excluding hydrogens is 230 g/mol. The molecule has 4 nitrogen and oxygen atoms in total. The summed E-state index contributed by atoms with van der Waals surface area (Å²) in [6.45, 7) is 1.29. The van der Waals surface area contributed by atoms with Crippen molar-refractivity contribution < 1.29 is 14.7 Å². The van der Waals surface area contributed by atoms with Crippen molar-refractivity contribution in [2.75, 3.05) is 13.1 Å². The van der Waals surface area contributed by atoms with Crippen LogP contribution < -0.4 is 0 Å². The number of nitrogens with zero attached hydrogens (tertiary/aromatic N) is 1. The van der Waals surface area contributed by atoms with Crippen LogP contribution in [0.25, 0.3) is 0 Å². The molecule has 0 aromatic rings. The largest absolute Gasteiger partial charge is 0.481 e. The lowest BCUT2D eigenvalue weighted by molar-refractivity contribution is -0.146. The Morgan fingerprint density at radius 2 is 1.50 bits per heavy atom. The lowest BCUT2D eigenvalue weighted by Crippen LogP contribution is -2.41. The second kappa shape index (κ2) is 4.56. The summed E-state index contributed by atoms with van der Waals surface area (Å²) in [5.74, 6) is 0.967. The van der Waals surface area contributed by atoms with E-state index in [2.05, 4.69) is 0 Å². The fourth-order valence-electron chi connectivity index (χ4n) is 3.92. The van der Waals surface area contributed by atoms with Crippen molar-refractivity contribution in [1.82, 2.24) is 4.90 Å². The van der Waals surface area contributed by atoms with Gasteiger partial charge in [-0.25, -0.2) is 0 Å². The van der Waals surface area contributed by atoms with E-state index in [9.17, 15) is 9.59 Å². The number of carboxylic acids is 1. The zero-order valence-electron chi connectivity index (χ0n) is 10.7. The molecule has 1 aliphatic heterocycles. The van der Waals surface area contributed by atoms with Crippen LogP contribution in [0.4, 0.5) is 0 Å². The average Bonchev–Trinajstić information content (AvgIpc) is 3.12. The van der Waals surface area contributed by atoms with E-state index in [1.807, 2.05) is 4.90 Å². The molecule has 2 aliphatic carbocycles. The van der Waals surface area contributed by atoms with Gasteiger partial charge in [-0.15, -0.1) is 0 Å². The molecule has 0 radical (unpaired) electrons. The number of fused-ring (bicyclic) bond motifs is 1. The number of hydrogen-bond acceptors (Lipinski definition) is 2. The molecule has 18 heavy (non-hydrogen) atoms. The number of carboxylic acid groups (broad SMARTS) is 1. The molecule has 0 unspecified atom stereocenters. The van der Waals surface area contributed by atoms with Gasteiger partial charge < -0.3 is 10.0 Å². The molecule has 3 rings (SSSR count). The summed E-state index contributed by atoms with van der Waals surface area (Å²) in [7, 11) is 0. The molecule has 2 saturated carbocycles.